The third-order valence-electron chi connectivity index (χ3n) is 6.42. The first-order chi connectivity index (χ1) is 19.5. The predicted molar refractivity (Wildman–Crippen MR) is 153 cm³/mol. The molecule has 1 fully saturated rings. The van der Waals surface area contributed by atoms with Crippen LogP contribution in [0.4, 0.5) is 11.6 Å². The van der Waals surface area contributed by atoms with Crippen molar-refractivity contribution in [3.8, 4) is 11.6 Å². The van der Waals surface area contributed by atoms with Crippen molar-refractivity contribution in [2.24, 2.45) is 0 Å². The van der Waals surface area contributed by atoms with Crippen molar-refractivity contribution < 1.29 is 22.9 Å². The van der Waals surface area contributed by atoms with E-state index in [-0.39, 0.29) is 5.91 Å². The number of carbonyl (C=O) groups is 1. The van der Waals surface area contributed by atoms with E-state index in [1.165, 1.54) is 0 Å². The highest BCUT2D eigenvalue weighted by Crippen LogP contribution is 2.31. The number of rotatable bonds is 11. The van der Waals surface area contributed by atoms with Gasteiger partial charge < -0.3 is 24.5 Å². The number of hydrogen-bond acceptors (Lipinski definition) is 9. The molecule has 1 aliphatic heterocycles. The summed E-state index contributed by atoms with van der Waals surface area (Å²) in [5.41, 5.74) is 2.75. The number of anilines is 2. The van der Waals surface area contributed by atoms with Gasteiger partial charge >= 0.3 is 0 Å². The third-order valence-corrected chi connectivity index (χ3v) is 7.54. The van der Waals surface area contributed by atoms with Gasteiger partial charge in [-0.15, -0.1) is 0 Å². The van der Waals surface area contributed by atoms with Gasteiger partial charge in [-0.1, -0.05) is 12.1 Å². The topological polar surface area (TPSA) is 131 Å². The highest BCUT2D eigenvalue weighted by molar-refractivity contribution is 7.82. The number of ether oxygens (including phenoxy) is 2. The molecule has 1 saturated heterocycles. The SMILES string of the molecule is CNC(=O)c1c(C)oc2cc(Oc3ccnc(Nc4cccc(CS(=O)NCCN5CCOCC5)c4)n3)ccc12. The van der Waals surface area contributed by atoms with Crippen molar-refractivity contribution >= 4 is 39.5 Å². The van der Waals surface area contributed by atoms with Crippen LogP contribution in [-0.2, 0) is 21.5 Å². The molecule has 40 heavy (non-hydrogen) atoms. The van der Waals surface area contributed by atoms with E-state index in [4.69, 9.17) is 13.9 Å². The van der Waals surface area contributed by atoms with Crippen molar-refractivity contribution in [2.45, 2.75) is 12.7 Å². The maximum Gasteiger partial charge on any atom is 0.255 e. The summed E-state index contributed by atoms with van der Waals surface area (Å²) >= 11 is 0. The lowest BCUT2D eigenvalue weighted by molar-refractivity contribution is 0.0390. The molecule has 2 aromatic heterocycles. The third kappa shape index (κ3) is 7.02. The molecule has 11 nitrogen and oxygen atoms in total. The molecule has 3 heterocycles. The molecule has 0 saturated carbocycles. The standard InChI is InChI=1S/C28H32N6O5S/c1-19-26(27(35)29-2)23-7-6-22(17-24(23)38-19)39-25-8-9-30-28(33-25)32-21-5-3-4-20(16-21)18-40(36)31-10-11-34-12-14-37-15-13-34/h3-9,16-17,31H,10-15,18H2,1-2H3,(H,29,35)(H,30,32,33). The number of hydrogen-bond donors (Lipinski definition) is 3. The monoisotopic (exact) mass is 564 g/mol. The number of carbonyl (C=O) groups excluding carboxylic acids is 1. The van der Waals surface area contributed by atoms with Crippen molar-refractivity contribution in [1.29, 1.82) is 0 Å². The normalized spacial score (nSPS) is 14.7. The Balaban J connectivity index is 1.19. The van der Waals surface area contributed by atoms with E-state index < -0.39 is 11.0 Å². The van der Waals surface area contributed by atoms with Crippen LogP contribution in [0.2, 0.25) is 0 Å². The van der Waals surface area contributed by atoms with E-state index in [0.717, 1.165) is 44.1 Å². The lowest BCUT2D eigenvalue weighted by atomic mass is 10.1. The number of aryl methyl sites for hydroxylation is 1. The van der Waals surface area contributed by atoms with Gasteiger partial charge in [-0.2, -0.15) is 4.98 Å². The van der Waals surface area contributed by atoms with Crippen LogP contribution >= 0.6 is 0 Å². The molecule has 3 N–H and O–H groups in total. The molecule has 12 heteroatoms. The fourth-order valence-electron chi connectivity index (χ4n) is 4.46. The summed E-state index contributed by atoms with van der Waals surface area (Å²) in [5.74, 6) is 1.94. The highest BCUT2D eigenvalue weighted by Gasteiger charge is 2.18. The fraction of sp³-hybridized carbons (Fsp3) is 0.321. The van der Waals surface area contributed by atoms with E-state index in [2.05, 4.69) is 30.2 Å². The molecular weight excluding hydrogens is 532 g/mol. The van der Waals surface area contributed by atoms with Crippen LogP contribution in [-0.4, -0.2) is 71.4 Å². The zero-order valence-electron chi connectivity index (χ0n) is 22.4. The van der Waals surface area contributed by atoms with Gasteiger partial charge in [0, 0.05) is 62.6 Å². The Hall–Kier alpha value is -3.84. The molecule has 5 rings (SSSR count). The largest absolute Gasteiger partial charge is 0.460 e. The maximum atomic E-state index is 12.6. The van der Waals surface area contributed by atoms with Gasteiger partial charge in [-0.25, -0.2) is 13.9 Å². The summed E-state index contributed by atoms with van der Waals surface area (Å²) in [6, 6.07) is 14.6. The minimum Gasteiger partial charge on any atom is -0.460 e. The number of fused-ring (bicyclic) bond motifs is 1. The number of aromatic nitrogens is 2. The summed E-state index contributed by atoms with van der Waals surface area (Å²) in [6.45, 7) is 6.59. The number of amides is 1. The van der Waals surface area contributed by atoms with Crippen LogP contribution in [0.25, 0.3) is 11.0 Å². The molecule has 1 atom stereocenters. The van der Waals surface area contributed by atoms with Crippen molar-refractivity contribution in [3.63, 3.8) is 0 Å². The predicted octanol–water partition coefficient (Wildman–Crippen LogP) is 3.51. The van der Waals surface area contributed by atoms with Crippen LogP contribution in [0.3, 0.4) is 0 Å². The number of furan rings is 1. The second kappa shape index (κ2) is 13.0. The Labute approximate surface area is 234 Å². The van der Waals surface area contributed by atoms with Crippen molar-refractivity contribution in [2.75, 3.05) is 51.8 Å². The van der Waals surface area contributed by atoms with Gasteiger partial charge in [-0.3, -0.25) is 9.69 Å². The van der Waals surface area contributed by atoms with Gasteiger partial charge in [0.2, 0.25) is 11.8 Å². The summed E-state index contributed by atoms with van der Waals surface area (Å²) in [4.78, 5) is 23.2. The van der Waals surface area contributed by atoms with Gasteiger partial charge in [0.1, 0.15) is 17.1 Å². The molecule has 210 valence electrons. The number of morpholine rings is 1. The molecule has 0 bridgehead atoms. The summed E-state index contributed by atoms with van der Waals surface area (Å²) in [7, 11) is 0.399. The van der Waals surface area contributed by atoms with Crippen LogP contribution in [0.1, 0.15) is 21.7 Å². The zero-order chi connectivity index (χ0) is 27.9. The summed E-state index contributed by atoms with van der Waals surface area (Å²) < 4.78 is 32.7. The number of benzene rings is 2. The molecule has 1 amide bonds. The van der Waals surface area contributed by atoms with Gasteiger partial charge in [0.25, 0.3) is 5.91 Å². The first kappa shape index (κ1) is 27.7. The number of nitrogens with zero attached hydrogens (tertiary/aromatic N) is 3. The fourth-order valence-corrected chi connectivity index (χ4v) is 5.37. The van der Waals surface area contributed by atoms with Gasteiger partial charge in [-0.05, 0) is 36.8 Å². The van der Waals surface area contributed by atoms with E-state index in [1.807, 2.05) is 24.3 Å². The average Bonchev–Trinajstić information content (AvgIpc) is 3.28. The molecule has 0 spiro atoms. The average molecular weight is 565 g/mol. The van der Waals surface area contributed by atoms with E-state index in [9.17, 15) is 9.00 Å². The first-order valence-corrected chi connectivity index (χ1v) is 14.3. The van der Waals surface area contributed by atoms with Crippen LogP contribution in [0, 0.1) is 6.92 Å². The lowest BCUT2D eigenvalue weighted by Gasteiger charge is -2.26. The molecule has 2 aromatic carbocycles. The molecule has 1 unspecified atom stereocenters. The second-order valence-electron chi connectivity index (χ2n) is 9.25. The first-order valence-electron chi connectivity index (χ1n) is 13.0. The molecule has 1 aliphatic rings. The highest BCUT2D eigenvalue weighted by atomic mass is 32.2. The lowest BCUT2D eigenvalue weighted by Crippen LogP contribution is -2.40. The van der Waals surface area contributed by atoms with E-state index in [0.29, 0.717) is 52.2 Å². The van der Waals surface area contributed by atoms with E-state index in [1.54, 1.807) is 44.4 Å². The zero-order valence-corrected chi connectivity index (χ0v) is 23.3. The smallest absolute Gasteiger partial charge is 0.255 e. The Bertz CT molecular complexity index is 1500. The van der Waals surface area contributed by atoms with Gasteiger partial charge in [0.05, 0.1) is 35.5 Å². The Morgan fingerprint density at radius 2 is 2.00 bits per heavy atom. The minimum atomic E-state index is -1.19. The summed E-state index contributed by atoms with van der Waals surface area (Å²) in [5, 5.41) is 6.53. The minimum absolute atomic E-state index is 0.202. The molecule has 0 radical (unpaired) electrons. The Morgan fingerprint density at radius 3 is 2.83 bits per heavy atom. The van der Waals surface area contributed by atoms with Crippen molar-refractivity contribution in [1.82, 2.24) is 24.9 Å². The van der Waals surface area contributed by atoms with Crippen molar-refractivity contribution in [3.05, 3.63) is 71.6 Å². The Morgan fingerprint density at radius 1 is 1.15 bits per heavy atom. The molecular formula is C28H32N6O5S. The Kier molecular flexibility index (Phi) is 9.01. The molecule has 4 aromatic rings. The number of nitrogens with one attached hydrogen (secondary N) is 3. The maximum absolute atomic E-state index is 12.6. The summed E-state index contributed by atoms with van der Waals surface area (Å²) in [6.07, 6.45) is 1.60. The van der Waals surface area contributed by atoms with E-state index >= 15 is 0 Å². The second-order valence-corrected chi connectivity index (χ2v) is 10.5. The molecule has 0 aliphatic carbocycles. The van der Waals surface area contributed by atoms with Crippen LogP contribution in [0.5, 0.6) is 11.6 Å². The van der Waals surface area contributed by atoms with Crippen LogP contribution < -0.4 is 20.1 Å². The van der Waals surface area contributed by atoms with Crippen LogP contribution in [0.15, 0.2) is 59.1 Å². The van der Waals surface area contributed by atoms with Gasteiger partial charge in [0.15, 0.2) is 0 Å². The quantitative estimate of drug-likeness (QED) is 0.250.